The van der Waals surface area contributed by atoms with Gasteiger partial charge in [0.2, 0.25) is 0 Å². The van der Waals surface area contributed by atoms with Crippen molar-refractivity contribution in [2.24, 2.45) is 4.99 Å². The number of aliphatic imine (C=N–C) groups is 1. The molecule has 0 atom stereocenters. The molecule has 2 aliphatic heterocycles. The van der Waals surface area contributed by atoms with E-state index in [-0.39, 0.29) is 0 Å². The van der Waals surface area contributed by atoms with Crippen molar-refractivity contribution in [1.82, 2.24) is 15.2 Å². The number of rotatable bonds is 0. The zero-order chi connectivity index (χ0) is 13.4. The topological polar surface area (TPSA) is 52.6 Å². The van der Waals surface area contributed by atoms with Crippen LogP contribution in [0.15, 0.2) is 34.1 Å². The summed E-state index contributed by atoms with van der Waals surface area (Å²) in [4.78, 5) is 11.6. The van der Waals surface area contributed by atoms with E-state index in [9.17, 15) is 0 Å². The Hall–Kier alpha value is -1.92. The van der Waals surface area contributed by atoms with Crippen LogP contribution in [-0.2, 0) is 0 Å². The Morgan fingerprint density at radius 1 is 1.20 bits per heavy atom. The molecule has 2 N–H and O–H groups in total. The number of nitrogens with zero attached hydrogens (tertiary/aromatic N) is 3. The Morgan fingerprint density at radius 3 is 3.00 bits per heavy atom. The van der Waals surface area contributed by atoms with Crippen LogP contribution in [0.2, 0.25) is 0 Å². The van der Waals surface area contributed by atoms with Crippen molar-refractivity contribution in [1.29, 1.82) is 0 Å². The maximum atomic E-state index is 4.87. The minimum absolute atomic E-state index is 0.831. The third-order valence-corrected chi connectivity index (χ3v) is 4.33. The summed E-state index contributed by atoms with van der Waals surface area (Å²) in [5.74, 6) is 1.89. The Balaban J connectivity index is 1.84. The molecule has 0 unspecified atom stereocenters. The van der Waals surface area contributed by atoms with Gasteiger partial charge in [0.1, 0.15) is 11.5 Å². The molecule has 0 saturated carbocycles. The maximum absolute atomic E-state index is 4.87. The fourth-order valence-corrected chi connectivity index (χ4v) is 3.33. The van der Waals surface area contributed by atoms with Crippen LogP contribution in [0.1, 0.15) is 5.56 Å². The number of thiophene rings is 1. The van der Waals surface area contributed by atoms with Crippen molar-refractivity contribution in [2.75, 3.05) is 31.5 Å². The van der Waals surface area contributed by atoms with Crippen molar-refractivity contribution >= 4 is 34.4 Å². The summed E-state index contributed by atoms with van der Waals surface area (Å²) in [5, 5.41) is 11.1. The maximum Gasteiger partial charge on any atom is 0.156 e. The number of aromatic nitrogens is 1. The predicted octanol–water partition coefficient (Wildman–Crippen LogP) is 2.18. The quantitative estimate of drug-likeness (QED) is 0.779. The van der Waals surface area contributed by atoms with Gasteiger partial charge in [0, 0.05) is 43.1 Å². The number of anilines is 2. The molecule has 2 aromatic rings. The van der Waals surface area contributed by atoms with E-state index in [1.165, 1.54) is 5.56 Å². The molecule has 5 nitrogen and oxygen atoms in total. The number of nitrogens with one attached hydrogen (secondary N) is 2. The second-order valence-corrected chi connectivity index (χ2v) is 5.61. The van der Waals surface area contributed by atoms with E-state index < -0.39 is 0 Å². The van der Waals surface area contributed by atoms with Crippen molar-refractivity contribution in [3.63, 3.8) is 0 Å². The first-order valence-corrected chi connectivity index (χ1v) is 7.69. The Morgan fingerprint density at radius 2 is 2.10 bits per heavy atom. The lowest BCUT2D eigenvalue weighted by molar-refractivity contribution is 0.358. The highest BCUT2D eigenvalue weighted by Crippen LogP contribution is 2.34. The van der Waals surface area contributed by atoms with E-state index in [1.54, 1.807) is 17.5 Å². The first kappa shape index (κ1) is 11.9. The molecule has 1 saturated heterocycles. The molecule has 0 amide bonds. The van der Waals surface area contributed by atoms with Gasteiger partial charge in [-0.05, 0) is 12.1 Å². The van der Waals surface area contributed by atoms with Crippen LogP contribution >= 0.6 is 11.3 Å². The van der Waals surface area contributed by atoms with Gasteiger partial charge < -0.3 is 15.5 Å². The zero-order valence-electron chi connectivity index (χ0n) is 11.0. The largest absolute Gasteiger partial charge is 0.353 e. The fourth-order valence-electron chi connectivity index (χ4n) is 2.57. The zero-order valence-corrected chi connectivity index (χ0v) is 11.8. The van der Waals surface area contributed by atoms with Gasteiger partial charge in [-0.2, -0.15) is 0 Å². The number of pyridine rings is 1. The molecule has 2 aromatic heterocycles. The summed E-state index contributed by atoms with van der Waals surface area (Å²) in [5.41, 5.74) is 3.18. The van der Waals surface area contributed by atoms with E-state index in [4.69, 9.17) is 4.99 Å². The van der Waals surface area contributed by atoms with E-state index in [2.05, 4.69) is 31.3 Å². The van der Waals surface area contributed by atoms with Gasteiger partial charge >= 0.3 is 0 Å². The Labute approximate surface area is 121 Å². The van der Waals surface area contributed by atoms with E-state index in [0.717, 1.165) is 49.2 Å². The molecule has 4 heterocycles. The average Bonchev–Trinajstić information content (AvgIpc) is 2.89. The lowest BCUT2D eigenvalue weighted by Gasteiger charge is -2.30. The summed E-state index contributed by atoms with van der Waals surface area (Å²) in [6, 6.07) is 3.94. The van der Waals surface area contributed by atoms with Crippen LogP contribution in [0.3, 0.4) is 0 Å². The summed E-state index contributed by atoms with van der Waals surface area (Å²) in [7, 11) is 0. The van der Waals surface area contributed by atoms with Crippen molar-refractivity contribution in [3.8, 4) is 0 Å². The second-order valence-electron chi connectivity index (χ2n) is 4.87. The summed E-state index contributed by atoms with van der Waals surface area (Å²) in [6.45, 7) is 3.99. The molecular weight excluding hydrogens is 270 g/mol. The molecule has 0 aliphatic carbocycles. The molecule has 2 aliphatic rings. The molecule has 102 valence electrons. The highest BCUT2D eigenvalue weighted by atomic mass is 32.1. The molecular formula is C14H15N5S. The predicted molar refractivity (Wildman–Crippen MR) is 82.5 cm³/mol. The number of fused-ring (bicyclic) bond motifs is 2. The summed E-state index contributed by atoms with van der Waals surface area (Å²) < 4.78 is 0. The number of amidine groups is 1. The minimum atomic E-state index is 0.831. The molecule has 1 fully saturated rings. The third kappa shape index (κ3) is 1.97. The van der Waals surface area contributed by atoms with Crippen LogP contribution in [-0.4, -0.2) is 41.9 Å². The standard InChI is InChI=1S/C14H15N5S/c1-2-11-13(16-3-1)17-12-9-20-8-10(12)14(18-11)19-6-4-15-5-7-19/h1-3,8-9,15H,4-7H2,(H,16,17). The van der Waals surface area contributed by atoms with Gasteiger partial charge in [-0.1, -0.05) is 0 Å². The second kappa shape index (κ2) is 4.88. The lowest BCUT2D eigenvalue weighted by Crippen LogP contribution is -2.46. The van der Waals surface area contributed by atoms with Crippen molar-refractivity contribution in [3.05, 3.63) is 34.7 Å². The van der Waals surface area contributed by atoms with Gasteiger partial charge in [0.25, 0.3) is 0 Å². The summed E-state index contributed by atoms with van der Waals surface area (Å²) >= 11 is 1.69. The third-order valence-electron chi connectivity index (χ3n) is 3.59. The van der Waals surface area contributed by atoms with Gasteiger partial charge in [0.15, 0.2) is 5.82 Å². The van der Waals surface area contributed by atoms with Gasteiger partial charge in [-0.25, -0.2) is 9.98 Å². The molecule has 20 heavy (non-hydrogen) atoms. The monoisotopic (exact) mass is 285 g/mol. The van der Waals surface area contributed by atoms with Crippen LogP contribution in [0.4, 0.5) is 17.2 Å². The first-order valence-electron chi connectivity index (χ1n) is 6.75. The van der Waals surface area contributed by atoms with Crippen LogP contribution < -0.4 is 10.6 Å². The van der Waals surface area contributed by atoms with Gasteiger partial charge in [-0.15, -0.1) is 11.3 Å². The Kier molecular flexibility index (Phi) is 2.90. The molecule has 4 rings (SSSR count). The summed E-state index contributed by atoms with van der Waals surface area (Å²) in [6.07, 6.45) is 1.79. The Bertz CT molecular complexity index is 657. The van der Waals surface area contributed by atoms with Gasteiger partial charge in [-0.3, -0.25) is 0 Å². The SMILES string of the molecule is c1cnc2c(c1)N=C(N1CCNCC1)c1cscc1N2. The van der Waals surface area contributed by atoms with Crippen molar-refractivity contribution in [2.45, 2.75) is 0 Å². The fraction of sp³-hybridized carbons (Fsp3) is 0.286. The van der Waals surface area contributed by atoms with Crippen LogP contribution in [0.25, 0.3) is 0 Å². The van der Waals surface area contributed by atoms with Crippen LogP contribution in [0.5, 0.6) is 0 Å². The highest BCUT2D eigenvalue weighted by molar-refractivity contribution is 7.08. The lowest BCUT2D eigenvalue weighted by atomic mass is 10.2. The van der Waals surface area contributed by atoms with E-state index in [1.807, 2.05) is 12.1 Å². The number of piperazine rings is 1. The van der Waals surface area contributed by atoms with Crippen molar-refractivity contribution < 1.29 is 0 Å². The molecule has 0 aromatic carbocycles. The molecule has 0 spiro atoms. The normalized spacial score (nSPS) is 17.6. The molecule has 6 heteroatoms. The van der Waals surface area contributed by atoms with E-state index in [0.29, 0.717) is 0 Å². The highest BCUT2D eigenvalue weighted by Gasteiger charge is 2.23. The average molecular weight is 285 g/mol. The molecule has 0 radical (unpaired) electrons. The minimum Gasteiger partial charge on any atom is -0.353 e. The molecule has 0 bridgehead atoms. The first-order chi connectivity index (χ1) is 9.92. The van der Waals surface area contributed by atoms with Crippen LogP contribution in [0, 0.1) is 0 Å². The number of hydrogen-bond acceptors (Lipinski definition) is 6. The van der Waals surface area contributed by atoms with Gasteiger partial charge in [0.05, 0.1) is 11.3 Å². The smallest absolute Gasteiger partial charge is 0.156 e. The van der Waals surface area contributed by atoms with E-state index >= 15 is 0 Å². The number of hydrogen-bond donors (Lipinski definition) is 2.